The van der Waals surface area contributed by atoms with E-state index in [9.17, 15) is 0 Å². The second-order valence-electron chi connectivity index (χ2n) is 6.72. The van der Waals surface area contributed by atoms with Crippen LogP contribution in [0.4, 0.5) is 5.82 Å². The maximum Gasteiger partial charge on any atom is 0.182 e. The minimum absolute atomic E-state index is 0.561. The number of hydrogen-bond donors (Lipinski definition) is 2. The Morgan fingerprint density at radius 2 is 1.81 bits per heavy atom. The molecule has 136 valence electrons. The minimum Gasteiger partial charge on any atom is -0.355 e. The second kappa shape index (κ2) is 6.75. The van der Waals surface area contributed by atoms with Crippen molar-refractivity contribution in [3.63, 3.8) is 0 Å². The lowest BCUT2D eigenvalue weighted by Gasteiger charge is -2.32. The van der Waals surface area contributed by atoms with Crippen LogP contribution in [0, 0.1) is 5.92 Å². The fraction of sp³-hybridized carbons (Fsp3) is 0.333. The molecule has 0 unspecified atom stereocenters. The lowest BCUT2D eigenvalue weighted by atomic mass is 9.91. The Hall–Kier alpha value is -3.36. The van der Waals surface area contributed by atoms with Crippen LogP contribution in [-0.4, -0.2) is 53.0 Å². The van der Waals surface area contributed by atoms with Gasteiger partial charge in [-0.1, -0.05) is 0 Å². The third kappa shape index (κ3) is 3.01. The van der Waals surface area contributed by atoms with E-state index in [2.05, 4.69) is 44.8 Å². The number of aromatic amines is 2. The minimum atomic E-state index is 0.561. The molecule has 1 aliphatic heterocycles. The van der Waals surface area contributed by atoms with Crippen molar-refractivity contribution in [3.8, 4) is 11.5 Å². The molecule has 0 aromatic carbocycles. The summed E-state index contributed by atoms with van der Waals surface area (Å²) >= 11 is 0. The SMILES string of the molecule is c1c[nH]c(-c2nccnc2CC2CCN(c3ncnc4nc[nH]c34)CC2)n1. The van der Waals surface area contributed by atoms with E-state index in [0.29, 0.717) is 11.6 Å². The van der Waals surface area contributed by atoms with Gasteiger partial charge in [-0.3, -0.25) is 4.98 Å². The zero-order valence-corrected chi connectivity index (χ0v) is 14.7. The number of rotatable bonds is 4. The van der Waals surface area contributed by atoms with Gasteiger partial charge < -0.3 is 14.9 Å². The van der Waals surface area contributed by atoms with Gasteiger partial charge in [0, 0.05) is 37.9 Å². The van der Waals surface area contributed by atoms with E-state index in [1.165, 1.54) is 0 Å². The number of H-pyrrole nitrogens is 2. The average Bonchev–Trinajstić information content (AvgIpc) is 3.41. The van der Waals surface area contributed by atoms with Crippen LogP contribution in [0.5, 0.6) is 0 Å². The Morgan fingerprint density at radius 1 is 0.926 bits per heavy atom. The quantitative estimate of drug-likeness (QED) is 0.571. The van der Waals surface area contributed by atoms with Gasteiger partial charge in [-0.15, -0.1) is 0 Å². The van der Waals surface area contributed by atoms with E-state index in [-0.39, 0.29) is 0 Å². The molecular weight excluding hydrogens is 342 g/mol. The molecule has 0 radical (unpaired) electrons. The van der Waals surface area contributed by atoms with Crippen molar-refractivity contribution in [3.05, 3.63) is 43.1 Å². The Kier molecular flexibility index (Phi) is 3.96. The predicted molar refractivity (Wildman–Crippen MR) is 99.9 cm³/mol. The van der Waals surface area contributed by atoms with Crippen LogP contribution in [0.25, 0.3) is 22.7 Å². The van der Waals surface area contributed by atoms with Crippen LogP contribution in [0.3, 0.4) is 0 Å². The fourth-order valence-electron chi connectivity index (χ4n) is 3.72. The van der Waals surface area contributed by atoms with Gasteiger partial charge in [-0.2, -0.15) is 0 Å². The van der Waals surface area contributed by atoms with Gasteiger partial charge in [0.25, 0.3) is 0 Å². The highest BCUT2D eigenvalue weighted by molar-refractivity contribution is 5.82. The fourth-order valence-corrected chi connectivity index (χ4v) is 3.72. The zero-order chi connectivity index (χ0) is 18.1. The summed E-state index contributed by atoms with van der Waals surface area (Å²) in [5.41, 5.74) is 3.47. The van der Waals surface area contributed by atoms with Crippen molar-refractivity contribution >= 4 is 17.0 Å². The summed E-state index contributed by atoms with van der Waals surface area (Å²) in [6.07, 6.45) is 13.3. The van der Waals surface area contributed by atoms with E-state index in [1.807, 2.05) is 6.20 Å². The molecule has 0 saturated carbocycles. The average molecular weight is 361 g/mol. The van der Waals surface area contributed by atoms with Crippen molar-refractivity contribution < 1.29 is 0 Å². The molecule has 9 heteroatoms. The number of hydrogen-bond acceptors (Lipinski definition) is 7. The molecule has 4 aromatic heterocycles. The van der Waals surface area contributed by atoms with Gasteiger partial charge in [0.05, 0.1) is 12.0 Å². The van der Waals surface area contributed by atoms with Gasteiger partial charge in [-0.05, 0) is 25.2 Å². The van der Waals surface area contributed by atoms with Crippen molar-refractivity contribution in [1.29, 1.82) is 0 Å². The Bertz CT molecular complexity index is 1030. The first-order chi connectivity index (χ1) is 13.4. The Morgan fingerprint density at radius 3 is 2.67 bits per heavy atom. The summed E-state index contributed by atoms with van der Waals surface area (Å²) in [5, 5.41) is 0. The molecule has 2 N–H and O–H groups in total. The Labute approximate surface area is 155 Å². The van der Waals surface area contributed by atoms with E-state index < -0.39 is 0 Å². The lowest BCUT2D eigenvalue weighted by Crippen LogP contribution is -2.35. The summed E-state index contributed by atoms with van der Waals surface area (Å²) in [4.78, 5) is 34.9. The summed E-state index contributed by atoms with van der Waals surface area (Å²) in [6, 6.07) is 0. The maximum absolute atomic E-state index is 4.57. The van der Waals surface area contributed by atoms with Gasteiger partial charge >= 0.3 is 0 Å². The Balaban J connectivity index is 1.30. The van der Waals surface area contributed by atoms with Crippen LogP contribution in [0.2, 0.25) is 0 Å². The molecule has 1 aliphatic rings. The highest BCUT2D eigenvalue weighted by Gasteiger charge is 2.24. The van der Waals surface area contributed by atoms with E-state index in [0.717, 1.165) is 60.9 Å². The molecule has 5 heterocycles. The van der Waals surface area contributed by atoms with Crippen molar-refractivity contribution in [2.75, 3.05) is 18.0 Å². The molecule has 0 aliphatic carbocycles. The molecule has 0 bridgehead atoms. The van der Waals surface area contributed by atoms with Crippen LogP contribution >= 0.6 is 0 Å². The topological polar surface area (TPSA) is 112 Å². The molecule has 9 nitrogen and oxygen atoms in total. The van der Waals surface area contributed by atoms with Crippen molar-refractivity contribution in [2.24, 2.45) is 5.92 Å². The highest BCUT2D eigenvalue weighted by atomic mass is 15.2. The van der Waals surface area contributed by atoms with Gasteiger partial charge in [-0.25, -0.2) is 24.9 Å². The number of anilines is 1. The normalized spacial score (nSPS) is 15.5. The van der Waals surface area contributed by atoms with E-state index in [4.69, 9.17) is 0 Å². The van der Waals surface area contributed by atoms with Crippen LogP contribution < -0.4 is 4.90 Å². The molecule has 0 amide bonds. The summed E-state index contributed by atoms with van der Waals surface area (Å²) in [6.45, 7) is 1.90. The first-order valence-corrected chi connectivity index (χ1v) is 9.07. The summed E-state index contributed by atoms with van der Waals surface area (Å²) < 4.78 is 0. The highest BCUT2D eigenvalue weighted by Crippen LogP contribution is 2.28. The van der Waals surface area contributed by atoms with Crippen molar-refractivity contribution in [2.45, 2.75) is 19.3 Å². The predicted octanol–water partition coefficient (Wildman–Crippen LogP) is 1.99. The number of fused-ring (bicyclic) bond motifs is 1. The summed E-state index contributed by atoms with van der Waals surface area (Å²) in [5.74, 6) is 2.27. The number of aromatic nitrogens is 8. The largest absolute Gasteiger partial charge is 0.355 e. The smallest absolute Gasteiger partial charge is 0.182 e. The standard InChI is InChI=1S/C18H19N9/c1-7-27(18-15-17(24-10-23-15)25-11-26-18)8-2-12(1)9-13-14(20-4-3-19-13)16-21-5-6-22-16/h3-6,10-12H,1-2,7-9H2,(H,21,22)(H,23,24,25,26). The number of nitrogens with zero attached hydrogens (tertiary/aromatic N) is 7. The molecule has 1 saturated heterocycles. The third-order valence-corrected chi connectivity index (χ3v) is 5.10. The number of nitrogens with one attached hydrogen (secondary N) is 2. The first kappa shape index (κ1) is 15.9. The number of imidazole rings is 2. The molecule has 1 fully saturated rings. The zero-order valence-electron chi connectivity index (χ0n) is 14.7. The van der Waals surface area contributed by atoms with Gasteiger partial charge in [0.15, 0.2) is 17.3 Å². The second-order valence-corrected chi connectivity index (χ2v) is 6.72. The van der Waals surface area contributed by atoms with Crippen molar-refractivity contribution in [1.82, 2.24) is 39.9 Å². The van der Waals surface area contributed by atoms with Crippen LogP contribution in [0.15, 0.2) is 37.4 Å². The number of piperidine rings is 1. The van der Waals surface area contributed by atoms with Crippen LogP contribution in [-0.2, 0) is 6.42 Å². The summed E-state index contributed by atoms with van der Waals surface area (Å²) in [7, 11) is 0. The maximum atomic E-state index is 4.57. The molecule has 0 atom stereocenters. The first-order valence-electron chi connectivity index (χ1n) is 9.07. The lowest BCUT2D eigenvalue weighted by molar-refractivity contribution is 0.399. The monoisotopic (exact) mass is 361 g/mol. The van der Waals surface area contributed by atoms with E-state index >= 15 is 0 Å². The molecular formula is C18H19N9. The van der Waals surface area contributed by atoms with E-state index in [1.54, 1.807) is 31.2 Å². The van der Waals surface area contributed by atoms with Gasteiger partial charge in [0.2, 0.25) is 0 Å². The molecule has 0 spiro atoms. The third-order valence-electron chi connectivity index (χ3n) is 5.10. The van der Waals surface area contributed by atoms with Gasteiger partial charge in [0.1, 0.15) is 17.5 Å². The van der Waals surface area contributed by atoms with Crippen LogP contribution in [0.1, 0.15) is 18.5 Å². The molecule has 4 aromatic rings. The molecule has 27 heavy (non-hydrogen) atoms. The molecule has 5 rings (SSSR count).